The van der Waals surface area contributed by atoms with Crippen LogP contribution in [0.15, 0.2) is 54.7 Å². The highest BCUT2D eigenvalue weighted by molar-refractivity contribution is 6.32. The molecule has 0 spiro atoms. The van der Waals surface area contributed by atoms with E-state index in [1.165, 1.54) is 30.9 Å². The highest BCUT2D eigenvalue weighted by Crippen LogP contribution is 2.34. The molecule has 2 fully saturated rings. The Morgan fingerprint density at radius 1 is 0.975 bits per heavy atom. The number of nitrogens with one attached hydrogen (secondary N) is 2. The quantitative estimate of drug-likeness (QED) is 0.272. The number of carbonyl (C=O) groups is 2. The van der Waals surface area contributed by atoms with E-state index in [1.807, 2.05) is 12.1 Å². The number of pyridine rings is 1. The lowest BCUT2D eigenvalue weighted by atomic mass is 10.0. The Kier molecular flexibility index (Phi) is 8.54. The molecule has 1 aromatic heterocycles. The number of benzene rings is 2. The first-order chi connectivity index (χ1) is 19.3. The number of amides is 2. The summed E-state index contributed by atoms with van der Waals surface area (Å²) in [7, 11) is 1.75. The number of hydrogen-bond acceptors (Lipinski definition) is 5. The summed E-state index contributed by atoms with van der Waals surface area (Å²) in [6.07, 6.45) is 3.81. The van der Waals surface area contributed by atoms with Gasteiger partial charge in [-0.25, -0.2) is 4.98 Å². The van der Waals surface area contributed by atoms with Crippen molar-refractivity contribution >= 4 is 58.0 Å². The Morgan fingerprint density at radius 3 is 2.27 bits per heavy atom. The predicted octanol–water partition coefficient (Wildman–Crippen LogP) is 4.19. The number of anilines is 3. The van der Waals surface area contributed by atoms with Gasteiger partial charge in [0, 0.05) is 43.2 Å². The molecular weight excluding hydrogens is 551 g/mol. The summed E-state index contributed by atoms with van der Waals surface area (Å²) in [5, 5.41) is 15.9. The maximum absolute atomic E-state index is 13.5. The second-order valence-corrected chi connectivity index (χ2v) is 10.7. The summed E-state index contributed by atoms with van der Waals surface area (Å²) in [5.74, 6) is 0.638. The molecule has 2 aliphatic heterocycles. The smallest absolute Gasteiger partial charge is 0.279 e. The fourth-order valence-electron chi connectivity index (χ4n) is 4.69. The van der Waals surface area contributed by atoms with Crippen molar-refractivity contribution in [1.82, 2.24) is 9.88 Å². The normalized spacial score (nSPS) is 14.2. The van der Waals surface area contributed by atoms with Gasteiger partial charge in [0.1, 0.15) is 5.82 Å². The van der Waals surface area contributed by atoms with Crippen LogP contribution in [0.4, 0.5) is 17.2 Å². The van der Waals surface area contributed by atoms with E-state index in [2.05, 4.69) is 25.1 Å². The van der Waals surface area contributed by atoms with Crippen molar-refractivity contribution in [3.8, 4) is 0 Å². The molecule has 0 radical (unpaired) electrons. The van der Waals surface area contributed by atoms with Crippen molar-refractivity contribution in [2.45, 2.75) is 12.8 Å². The molecule has 9 nitrogen and oxygen atoms in total. The monoisotopic (exact) mass is 581 g/mol. The van der Waals surface area contributed by atoms with Gasteiger partial charge in [-0.15, -0.1) is 0 Å². The lowest BCUT2D eigenvalue weighted by Crippen LogP contribution is -2.49. The zero-order valence-corrected chi connectivity index (χ0v) is 23.7. The highest BCUT2D eigenvalue weighted by Gasteiger charge is 2.32. The van der Waals surface area contributed by atoms with Crippen LogP contribution in [0.3, 0.4) is 0 Å². The van der Waals surface area contributed by atoms with Crippen LogP contribution in [-0.2, 0) is 0 Å². The highest BCUT2D eigenvalue weighted by atomic mass is 35.5. The molecule has 2 amide bonds. The van der Waals surface area contributed by atoms with Crippen molar-refractivity contribution < 1.29 is 19.3 Å². The summed E-state index contributed by atoms with van der Waals surface area (Å²) in [4.78, 5) is 35.1. The van der Waals surface area contributed by atoms with Crippen LogP contribution in [0.25, 0.3) is 0 Å². The molecule has 3 N–H and O–H groups in total. The molecule has 3 aromatic rings. The van der Waals surface area contributed by atoms with Crippen molar-refractivity contribution in [3.63, 3.8) is 0 Å². The molecule has 2 aliphatic rings. The van der Waals surface area contributed by atoms with Crippen LogP contribution in [0.5, 0.6) is 0 Å². The average molecular weight is 583 g/mol. The molecule has 0 unspecified atom stereocenters. The second kappa shape index (κ2) is 12.2. The fourth-order valence-corrected chi connectivity index (χ4v) is 5.01. The minimum atomic E-state index is -0.509. The van der Waals surface area contributed by atoms with Gasteiger partial charge in [-0.1, -0.05) is 23.2 Å². The summed E-state index contributed by atoms with van der Waals surface area (Å²) in [5.41, 5.74) is 2.45. The van der Waals surface area contributed by atoms with Crippen LogP contribution in [-0.4, -0.2) is 83.6 Å². The van der Waals surface area contributed by atoms with E-state index >= 15 is 0 Å². The first-order valence-electron chi connectivity index (χ1n) is 13.2. The summed E-state index contributed by atoms with van der Waals surface area (Å²) >= 11 is 12.3. The molecule has 3 heterocycles. The first kappa shape index (κ1) is 27.9. The Hall–Kier alpha value is -3.66. The molecule has 2 aromatic carbocycles. The minimum absolute atomic E-state index is 0.124. The van der Waals surface area contributed by atoms with Crippen LogP contribution in [0, 0.1) is 0 Å². The number of aliphatic hydroxyl groups excluding tert-OH is 1. The van der Waals surface area contributed by atoms with Crippen molar-refractivity contribution in [2.75, 3.05) is 61.9 Å². The van der Waals surface area contributed by atoms with Crippen LogP contribution in [0.2, 0.25) is 10.0 Å². The Balaban J connectivity index is 1.44. The Morgan fingerprint density at radius 2 is 1.70 bits per heavy atom. The SMILES string of the molecule is CN(CCO)c1cc(Cl)cc(C(=O)Nc2ccc(Cl)cn2)c1NC(=O)c1ccc(C(N2CCC2)=[N+]2CCC2)cc1. The second-order valence-electron chi connectivity index (χ2n) is 9.84. The van der Waals surface area contributed by atoms with Crippen LogP contribution in [0.1, 0.15) is 39.1 Å². The maximum atomic E-state index is 13.5. The molecule has 0 bridgehead atoms. The molecule has 0 atom stereocenters. The van der Waals surface area contributed by atoms with Gasteiger partial charge in [-0.2, -0.15) is 0 Å². The summed E-state index contributed by atoms with van der Waals surface area (Å²) in [6, 6.07) is 13.9. The molecule has 5 rings (SSSR count). The molecule has 208 valence electrons. The number of aromatic nitrogens is 1. The summed E-state index contributed by atoms with van der Waals surface area (Å²) < 4.78 is 2.38. The van der Waals surface area contributed by atoms with Gasteiger partial charge in [0.2, 0.25) is 0 Å². The van der Waals surface area contributed by atoms with E-state index in [4.69, 9.17) is 23.2 Å². The van der Waals surface area contributed by atoms with E-state index in [1.54, 1.807) is 42.3 Å². The lowest BCUT2D eigenvalue weighted by molar-refractivity contribution is -0.587. The number of amidine groups is 1. The number of nitrogens with zero attached hydrogens (tertiary/aromatic N) is 4. The average Bonchev–Trinajstić information content (AvgIpc) is 2.88. The third-order valence-corrected chi connectivity index (χ3v) is 7.54. The number of likely N-dealkylation sites (N-methyl/N-ethyl adjacent to an activating group) is 1. The van der Waals surface area contributed by atoms with E-state index in [9.17, 15) is 14.7 Å². The third kappa shape index (κ3) is 6.06. The predicted molar refractivity (Wildman–Crippen MR) is 158 cm³/mol. The van der Waals surface area contributed by atoms with E-state index < -0.39 is 5.91 Å². The van der Waals surface area contributed by atoms with Crippen molar-refractivity contribution in [2.24, 2.45) is 0 Å². The van der Waals surface area contributed by atoms with E-state index in [0.717, 1.165) is 31.7 Å². The van der Waals surface area contributed by atoms with Crippen LogP contribution >= 0.6 is 23.2 Å². The van der Waals surface area contributed by atoms with Gasteiger partial charge < -0.3 is 20.6 Å². The van der Waals surface area contributed by atoms with E-state index in [0.29, 0.717) is 27.1 Å². The van der Waals surface area contributed by atoms with Gasteiger partial charge in [-0.05, 0) is 48.5 Å². The zero-order chi connectivity index (χ0) is 28.2. The molecule has 2 saturated heterocycles. The van der Waals surface area contributed by atoms with Gasteiger partial charge in [0.05, 0.1) is 60.3 Å². The minimum Gasteiger partial charge on any atom is -0.395 e. The summed E-state index contributed by atoms with van der Waals surface area (Å²) in [6.45, 7) is 4.33. The largest absolute Gasteiger partial charge is 0.395 e. The van der Waals surface area contributed by atoms with Crippen LogP contribution < -0.4 is 15.5 Å². The molecule has 0 saturated carbocycles. The third-order valence-electron chi connectivity index (χ3n) is 7.10. The van der Waals surface area contributed by atoms with Gasteiger partial charge in [0.25, 0.3) is 17.6 Å². The number of aliphatic hydroxyl groups is 1. The van der Waals surface area contributed by atoms with E-state index in [-0.39, 0.29) is 30.3 Å². The molecule has 0 aliphatic carbocycles. The Labute approximate surface area is 243 Å². The zero-order valence-electron chi connectivity index (χ0n) is 22.2. The lowest BCUT2D eigenvalue weighted by Gasteiger charge is -2.31. The molecule has 11 heteroatoms. The number of likely N-dealkylation sites (tertiary alicyclic amines) is 1. The van der Waals surface area contributed by atoms with Gasteiger partial charge >= 0.3 is 0 Å². The fraction of sp³-hybridized carbons (Fsp3) is 0.310. The molecular formula is C29H31Cl2N6O3+. The number of carbonyl (C=O) groups excluding carboxylic acids is 2. The Bertz CT molecular complexity index is 1430. The standard InChI is InChI=1S/C29H30Cl2N6O3/c1-35(14-15-38)24-17-22(31)16-23(28(40)33-25-9-8-21(30)18-32-25)26(24)34-27(39)19-4-6-20(7-5-19)29(36-10-2-11-36)37-12-3-13-37/h4-9,16-18,38H,2-3,10-15H2,1H3,(H-,32,33,34,39,40)/p+1. The van der Waals surface area contributed by atoms with Crippen molar-refractivity contribution in [1.29, 1.82) is 0 Å². The number of rotatable bonds is 8. The maximum Gasteiger partial charge on any atom is 0.279 e. The first-order valence-corrected chi connectivity index (χ1v) is 14.0. The number of hydrogen-bond donors (Lipinski definition) is 3. The topological polar surface area (TPSA) is 101 Å². The van der Waals surface area contributed by atoms with Gasteiger partial charge in [0.15, 0.2) is 0 Å². The van der Waals surface area contributed by atoms with Crippen molar-refractivity contribution in [3.05, 3.63) is 81.5 Å². The molecule has 40 heavy (non-hydrogen) atoms. The number of halogens is 2. The van der Waals surface area contributed by atoms with Gasteiger partial charge in [-0.3, -0.25) is 19.1 Å².